The number of hydrogen-bond acceptors (Lipinski definition) is 0. The second-order valence-corrected chi connectivity index (χ2v) is 5.41. The molecule has 0 heterocycles. The van der Waals surface area contributed by atoms with Crippen molar-refractivity contribution in [2.75, 3.05) is 4.43 Å². The van der Waals surface area contributed by atoms with Crippen LogP contribution in [0.5, 0.6) is 0 Å². The monoisotopic (exact) mass is 348 g/mol. The fourth-order valence-corrected chi connectivity index (χ4v) is 2.33. The summed E-state index contributed by atoms with van der Waals surface area (Å²) in [7, 11) is 0. The van der Waals surface area contributed by atoms with E-state index in [2.05, 4.69) is 77.7 Å². The SMILES string of the molecule is C=C(c1ccccc1)c1ccc(CCCI)cc1. The summed E-state index contributed by atoms with van der Waals surface area (Å²) in [6.45, 7) is 4.19. The molecule has 0 saturated heterocycles. The van der Waals surface area contributed by atoms with Gasteiger partial charge in [0.05, 0.1) is 0 Å². The number of hydrogen-bond donors (Lipinski definition) is 0. The molecule has 0 atom stereocenters. The highest BCUT2D eigenvalue weighted by atomic mass is 127. The van der Waals surface area contributed by atoms with Crippen LogP contribution in [0.3, 0.4) is 0 Å². The van der Waals surface area contributed by atoms with Gasteiger partial charge >= 0.3 is 0 Å². The van der Waals surface area contributed by atoms with Gasteiger partial charge in [0.15, 0.2) is 0 Å². The molecule has 0 nitrogen and oxygen atoms in total. The third-order valence-electron chi connectivity index (χ3n) is 3.02. The zero-order chi connectivity index (χ0) is 12.8. The van der Waals surface area contributed by atoms with E-state index in [1.807, 2.05) is 6.07 Å². The Morgan fingerprint density at radius 3 is 2.11 bits per heavy atom. The Morgan fingerprint density at radius 1 is 0.889 bits per heavy atom. The van der Waals surface area contributed by atoms with Crippen molar-refractivity contribution in [1.29, 1.82) is 0 Å². The molecular formula is C17H17I. The first-order valence-corrected chi connectivity index (χ1v) is 7.73. The highest BCUT2D eigenvalue weighted by molar-refractivity contribution is 14.1. The first-order chi connectivity index (χ1) is 8.81. The van der Waals surface area contributed by atoms with Crippen LogP contribution in [-0.2, 0) is 6.42 Å². The van der Waals surface area contributed by atoms with Gasteiger partial charge in [-0.1, -0.05) is 83.8 Å². The van der Waals surface area contributed by atoms with E-state index in [-0.39, 0.29) is 0 Å². The fourth-order valence-electron chi connectivity index (χ4n) is 1.95. The molecule has 0 aliphatic rings. The van der Waals surface area contributed by atoms with Crippen LogP contribution in [-0.4, -0.2) is 4.43 Å². The molecule has 0 amide bonds. The van der Waals surface area contributed by atoms with Crippen molar-refractivity contribution < 1.29 is 0 Å². The molecule has 0 aromatic heterocycles. The van der Waals surface area contributed by atoms with Crippen LogP contribution in [0, 0.1) is 0 Å². The zero-order valence-electron chi connectivity index (χ0n) is 10.4. The molecule has 2 aromatic carbocycles. The fraction of sp³-hybridized carbons (Fsp3) is 0.176. The average Bonchev–Trinajstić information content (AvgIpc) is 2.46. The Morgan fingerprint density at radius 2 is 1.50 bits per heavy atom. The predicted molar refractivity (Wildman–Crippen MR) is 88.2 cm³/mol. The van der Waals surface area contributed by atoms with E-state index in [1.54, 1.807) is 0 Å². The molecule has 0 N–H and O–H groups in total. The summed E-state index contributed by atoms with van der Waals surface area (Å²) in [4.78, 5) is 0. The predicted octanol–water partition coefficient (Wildman–Crippen LogP) is 5.12. The largest absolute Gasteiger partial charge is 0.0906 e. The van der Waals surface area contributed by atoms with E-state index < -0.39 is 0 Å². The molecule has 0 bridgehead atoms. The minimum Gasteiger partial charge on any atom is -0.0906 e. The summed E-state index contributed by atoms with van der Waals surface area (Å²) >= 11 is 2.43. The van der Waals surface area contributed by atoms with Crippen molar-refractivity contribution in [1.82, 2.24) is 0 Å². The van der Waals surface area contributed by atoms with Crippen molar-refractivity contribution in [2.24, 2.45) is 0 Å². The third-order valence-corrected chi connectivity index (χ3v) is 3.79. The highest BCUT2D eigenvalue weighted by Gasteiger charge is 2.01. The van der Waals surface area contributed by atoms with Gasteiger partial charge in [0.25, 0.3) is 0 Å². The molecule has 0 aliphatic heterocycles. The van der Waals surface area contributed by atoms with Crippen LogP contribution in [0.2, 0.25) is 0 Å². The smallest absolute Gasteiger partial charge is 0.000156 e. The van der Waals surface area contributed by atoms with E-state index in [9.17, 15) is 0 Å². The topological polar surface area (TPSA) is 0 Å². The second-order valence-electron chi connectivity index (χ2n) is 4.33. The summed E-state index contributed by atoms with van der Waals surface area (Å²) < 4.78 is 1.22. The molecule has 18 heavy (non-hydrogen) atoms. The Hall–Kier alpha value is -1.09. The lowest BCUT2D eigenvalue weighted by Crippen LogP contribution is -1.89. The Bertz CT molecular complexity index is 497. The molecule has 92 valence electrons. The Kier molecular flexibility index (Phi) is 5.00. The van der Waals surface area contributed by atoms with E-state index in [1.165, 1.54) is 34.0 Å². The van der Waals surface area contributed by atoms with Crippen LogP contribution >= 0.6 is 22.6 Å². The minimum atomic E-state index is 1.09. The van der Waals surface area contributed by atoms with E-state index in [0.29, 0.717) is 0 Å². The lowest BCUT2D eigenvalue weighted by Gasteiger charge is -2.07. The number of aryl methyl sites for hydroxylation is 1. The molecule has 2 rings (SSSR count). The molecule has 2 aromatic rings. The van der Waals surface area contributed by atoms with Crippen LogP contribution in [0.4, 0.5) is 0 Å². The van der Waals surface area contributed by atoms with Crippen LogP contribution in [0.25, 0.3) is 5.57 Å². The summed E-state index contributed by atoms with van der Waals surface area (Å²) in [5.41, 5.74) is 4.91. The third kappa shape index (κ3) is 3.45. The van der Waals surface area contributed by atoms with E-state index in [4.69, 9.17) is 0 Å². The number of rotatable bonds is 5. The standard InChI is InChI=1S/C17H17I/c1-14(16-7-3-2-4-8-16)17-11-9-15(10-12-17)6-5-13-18/h2-4,7-12H,1,5-6,13H2. The van der Waals surface area contributed by atoms with Gasteiger partial charge in [0.2, 0.25) is 0 Å². The zero-order valence-corrected chi connectivity index (χ0v) is 12.6. The first kappa shape index (κ1) is 13.3. The quantitative estimate of drug-likeness (QED) is 0.520. The lowest BCUT2D eigenvalue weighted by molar-refractivity contribution is 0.945. The molecule has 0 spiro atoms. The summed E-state index contributed by atoms with van der Waals surface area (Å²) in [6.07, 6.45) is 2.42. The van der Waals surface area contributed by atoms with Crippen LogP contribution < -0.4 is 0 Å². The van der Waals surface area contributed by atoms with Gasteiger partial charge in [-0.25, -0.2) is 0 Å². The molecule has 0 radical (unpaired) electrons. The first-order valence-electron chi connectivity index (χ1n) is 6.21. The normalized spacial score (nSPS) is 10.3. The van der Waals surface area contributed by atoms with Crippen molar-refractivity contribution in [2.45, 2.75) is 12.8 Å². The average molecular weight is 348 g/mol. The molecule has 0 aliphatic carbocycles. The van der Waals surface area contributed by atoms with Crippen LogP contribution in [0.1, 0.15) is 23.1 Å². The van der Waals surface area contributed by atoms with Gasteiger partial charge < -0.3 is 0 Å². The van der Waals surface area contributed by atoms with Crippen LogP contribution in [0.15, 0.2) is 61.2 Å². The molecule has 0 fully saturated rings. The van der Waals surface area contributed by atoms with Crippen molar-refractivity contribution in [3.05, 3.63) is 77.9 Å². The summed E-state index contributed by atoms with van der Waals surface area (Å²) in [5, 5.41) is 0. The maximum Gasteiger partial charge on any atom is -0.000156 e. The van der Waals surface area contributed by atoms with Crippen molar-refractivity contribution in [3.8, 4) is 0 Å². The second kappa shape index (κ2) is 6.74. The van der Waals surface area contributed by atoms with Crippen molar-refractivity contribution in [3.63, 3.8) is 0 Å². The van der Waals surface area contributed by atoms with E-state index >= 15 is 0 Å². The number of benzene rings is 2. The minimum absolute atomic E-state index is 1.09. The number of alkyl halides is 1. The van der Waals surface area contributed by atoms with Gasteiger partial charge in [-0.05, 0) is 39.5 Å². The number of halogens is 1. The highest BCUT2D eigenvalue weighted by Crippen LogP contribution is 2.21. The molecular weight excluding hydrogens is 331 g/mol. The van der Waals surface area contributed by atoms with Gasteiger partial charge in [0.1, 0.15) is 0 Å². The van der Waals surface area contributed by atoms with Gasteiger partial charge in [-0.3, -0.25) is 0 Å². The van der Waals surface area contributed by atoms with Crippen molar-refractivity contribution >= 4 is 28.2 Å². The Labute approximate surface area is 123 Å². The maximum absolute atomic E-state index is 4.19. The van der Waals surface area contributed by atoms with E-state index in [0.717, 1.165) is 5.57 Å². The lowest BCUT2D eigenvalue weighted by atomic mass is 9.98. The van der Waals surface area contributed by atoms with Gasteiger partial charge in [-0.2, -0.15) is 0 Å². The summed E-state index contributed by atoms with van der Waals surface area (Å²) in [5.74, 6) is 0. The molecule has 0 unspecified atom stereocenters. The molecule has 1 heteroatoms. The van der Waals surface area contributed by atoms with Gasteiger partial charge in [-0.15, -0.1) is 0 Å². The molecule has 0 saturated carbocycles. The van der Waals surface area contributed by atoms with Gasteiger partial charge in [0, 0.05) is 0 Å². The Balaban J connectivity index is 2.12. The summed E-state index contributed by atoms with van der Waals surface area (Å²) in [6, 6.07) is 19.1. The maximum atomic E-state index is 4.19.